The average Bonchev–Trinajstić information content (AvgIpc) is 3.14. The van der Waals surface area contributed by atoms with E-state index in [1.165, 1.54) is 31.2 Å². The predicted octanol–water partition coefficient (Wildman–Crippen LogP) is 3.83. The molecule has 1 amide bonds. The molecule has 2 aromatic heterocycles. The van der Waals surface area contributed by atoms with E-state index in [2.05, 4.69) is 25.2 Å². The van der Waals surface area contributed by atoms with Gasteiger partial charge in [0.05, 0.1) is 10.6 Å². The molecule has 0 bridgehead atoms. The molecule has 0 aliphatic heterocycles. The Kier molecular flexibility index (Phi) is 6.28. The summed E-state index contributed by atoms with van der Waals surface area (Å²) in [6, 6.07) is 15.8. The summed E-state index contributed by atoms with van der Waals surface area (Å²) in [7, 11) is -3.80. The fourth-order valence-corrected chi connectivity index (χ4v) is 4.13. The second kappa shape index (κ2) is 9.32. The van der Waals surface area contributed by atoms with Crippen LogP contribution >= 0.6 is 0 Å². The third kappa shape index (κ3) is 5.21. The maximum Gasteiger partial charge on any atom is 0.261 e. The maximum atomic E-state index is 12.6. The van der Waals surface area contributed by atoms with Crippen molar-refractivity contribution in [3.8, 4) is 17.4 Å². The molecule has 174 valence electrons. The molecule has 0 radical (unpaired) electrons. The number of rotatable bonds is 7. The minimum Gasteiger partial charge on any atom is -0.438 e. The zero-order chi connectivity index (χ0) is 24.3. The van der Waals surface area contributed by atoms with Gasteiger partial charge in [-0.25, -0.2) is 13.4 Å². The van der Waals surface area contributed by atoms with Gasteiger partial charge in [-0.2, -0.15) is 0 Å². The first-order chi connectivity index (χ1) is 16.2. The molecule has 0 saturated carbocycles. The quantitative estimate of drug-likeness (QED) is 0.413. The molecule has 0 spiro atoms. The predicted molar refractivity (Wildman–Crippen MR) is 127 cm³/mol. The van der Waals surface area contributed by atoms with Crippen LogP contribution in [-0.4, -0.2) is 34.1 Å². The number of amides is 1. The lowest BCUT2D eigenvalue weighted by molar-refractivity contribution is -0.114. The van der Waals surface area contributed by atoms with Crippen molar-refractivity contribution in [3.63, 3.8) is 0 Å². The molecule has 2 aromatic carbocycles. The Hall–Kier alpha value is -4.25. The molecule has 2 heterocycles. The number of aryl methyl sites for hydroxylation is 1. The molecule has 4 rings (SSSR count). The standard InChI is InChI=1S/C23H22N6O4S/c1-15-16(2)29(14-24-15)22-12-13-23(27-26-22)33-20-8-4-19(5-9-20)28-34(31,32)21-10-6-18(7-11-21)25-17(3)30/h4-14,28H,1-3H3,(H,25,30). The maximum absolute atomic E-state index is 12.6. The largest absolute Gasteiger partial charge is 0.438 e. The molecule has 0 unspecified atom stereocenters. The number of carbonyl (C=O) groups excluding carboxylic acids is 1. The molecular formula is C23H22N6O4S. The Bertz CT molecular complexity index is 1410. The van der Waals surface area contributed by atoms with Crippen LogP contribution in [0.4, 0.5) is 11.4 Å². The number of aromatic nitrogens is 4. The second-order valence-corrected chi connectivity index (χ2v) is 9.14. The van der Waals surface area contributed by atoms with Gasteiger partial charge in [-0.05, 0) is 68.4 Å². The lowest BCUT2D eigenvalue weighted by Crippen LogP contribution is -2.13. The molecule has 0 fully saturated rings. The fourth-order valence-electron chi connectivity index (χ4n) is 3.07. The van der Waals surface area contributed by atoms with Crippen LogP contribution in [0.25, 0.3) is 5.82 Å². The summed E-state index contributed by atoms with van der Waals surface area (Å²) in [6.07, 6.45) is 1.69. The lowest BCUT2D eigenvalue weighted by Gasteiger charge is -2.10. The summed E-state index contributed by atoms with van der Waals surface area (Å²) in [5.41, 5.74) is 2.77. The van der Waals surface area contributed by atoms with Crippen LogP contribution in [0.3, 0.4) is 0 Å². The fraction of sp³-hybridized carbons (Fsp3) is 0.130. The number of hydrogen-bond acceptors (Lipinski definition) is 7. The van der Waals surface area contributed by atoms with Crippen molar-refractivity contribution >= 4 is 27.3 Å². The van der Waals surface area contributed by atoms with Gasteiger partial charge < -0.3 is 10.1 Å². The topological polar surface area (TPSA) is 128 Å². The third-order valence-electron chi connectivity index (χ3n) is 4.94. The van der Waals surface area contributed by atoms with Crippen molar-refractivity contribution in [2.24, 2.45) is 0 Å². The van der Waals surface area contributed by atoms with Gasteiger partial charge in [-0.3, -0.25) is 14.1 Å². The number of carbonyl (C=O) groups is 1. The minimum atomic E-state index is -3.80. The minimum absolute atomic E-state index is 0.0700. The van der Waals surface area contributed by atoms with E-state index < -0.39 is 10.0 Å². The Balaban J connectivity index is 1.41. The van der Waals surface area contributed by atoms with Gasteiger partial charge >= 0.3 is 0 Å². The molecule has 0 atom stereocenters. The van der Waals surface area contributed by atoms with Crippen LogP contribution in [-0.2, 0) is 14.8 Å². The highest BCUT2D eigenvalue weighted by atomic mass is 32.2. The van der Waals surface area contributed by atoms with Crippen molar-refractivity contribution < 1.29 is 17.9 Å². The number of anilines is 2. The SMILES string of the molecule is CC(=O)Nc1ccc(S(=O)(=O)Nc2ccc(Oc3ccc(-n4cnc(C)c4C)nn3)cc2)cc1. The number of benzene rings is 2. The van der Waals surface area contributed by atoms with Gasteiger partial charge in [-0.15, -0.1) is 10.2 Å². The molecule has 4 aromatic rings. The molecule has 0 aliphatic carbocycles. The van der Waals surface area contributed by atoms with Crippen LogP contribution in [0.5, 0.6) is 11.6 Å². The number of sulfonamides is 1. The molecule has 10 nitrogen and oxygen atoms in total. The van der Waals surface area contributed by atoms with Crippen LogP contribution in [0.1, 0.15) is 18.3 Å². The van der Waals surface area contributed by atoms with E-state index in [0.717, 1.165) is 11.4 Å². The van der Waals surface area contributed by atoms with Crippen molar-refractivity contribution in [2.75, 3.05) is 10.0 Å². The zero-order valence-corrected chi connectivity index (χ0v) is 19.5. The number of imidazole rings is 1. The Morgan fingerprint density at radius 1 is 0.912 bits per heavy atom. The first kappa shape index (κ1) is 22.9. The van der Waals surface area contributed by atoms with E-state index in [0.29, 0.717) is 28.8 Å². The normalized spacial score (nSPS) is 11.1. The van der Waals surface area contributed by atoms with E-state index in [1.807, 2.05) is 18.4 Å². The number of ether oxygens (including phenoxy) is 1. The Morgan fingerprint density at radius 3 is 2.15 bits per heavy atom. The zero-order valence-electron chi connectivity index (χ0n) is 18.7. The number of hydrogen-bond donors (Lipinski definition) is 2. The van der Waals surface area contributed by atoms with Crippen LogP contribution in [0.15, 0.2) is 71.9 Å². The van der Waals surface area contributed by atoms with Crippen LogP contribution < -0.4 is 14.8 Å². The molecule has 0 saturated heterocycles. The van der Waals surface area contributed by atoms with Crippen molar-refractivity contribution in [1.29, 1.82) is 0 Å². The summed E-state index contributed by atoms with van der Waals surface area (Å²) in [6.45, 7) is 5.25. The first-order valence-corrected chi connectivity index (χ1v) is 11.7. The lowest BCUT2D eigenvalue weighted by atomic mass is 10.3. The summed E-state index contributed by atoms with van der Waals surface area (Å²) in [5.74, 6) is 1.16. The van der Waals surface area contributed by atoms with Crippen LogP contribution in [0.2, 0.25) is 0 Å². The number of nitrogens with one attached hydrogen (secondary N) is 2. The van der Waals surface area contributed by atoms with Gasteiger partial charge in [0, 0.05) is 30.1 Å². The summed E-state index contributed by atoms with van der Waals surface area (Å²) in [5, 5.41) is 10.9. The summed E-state index contributed by atoms with van der Waals surface area (Å²) >= 11 is 0. The van der Waals surface area contributed by atoms with Crippen molar-refractivity contribution in [3.05, 3.63) is 78.4 Å². The highest BCUT2D eigenvalue weighted by Crippen LogP contribution is 2.24. The number of nitrogens with zero attached hydrogens (tertiary/aromatic N) is 4. The highest BCUT2D eigenvalue weighted by Gasteiger charge is 2.14. The van der Waals surface area contributed by atoms with E-state index in [9.17, 15) is 13.2 Å². The van der Waals surface area contributed by atoms with E-state index >= 15 is 0 Å². The van der Waals surface area contributed by atoms with Gasteiger partial charge in [-0.1, -0.05) is 0 Å². The first-order valence-electron chi connectivity index (χ1n) is 10.2. The molecule has 2 N–H and O–H groups in total. The van der Waals surface area contributed by atoms with Gasteiger partial charge in [0.15, 0.2) is 5.82 Å². The molecular weight excluding hydrogens is 456 g/mol. The molecule has 34 heavy (non-hydrogen) atoms. The van der Waals surface area contributed by atoms with Crippen molar-refractivity contribution in [1.82, 2.24) is 19.7 Å². The monoisotopic (exact) mass is 478 g/mol. The Morgan fingerprint density at radius 2 is 1.59 bits per heavy atom. The molecule has 11 heteroatoms. The smallest absolute Gasteiger partial charge is 0.261 e. The van der Waals surface area contributed by atoms with Gasteiger partial charge in [0.2, 0.25) is 11.8 Å². The Labute approximate surface area is 196 Å². The highest BCUT2D eigenvalue weighted by molar-refractivity contribution is 7.92. The van der Waals surface area contributed by atoms with Gasteiger partial charge in [0.1, 0.15) is 12.1 Å². The van der Waals surface area contributed by atoms with E-state index in [1.54, 1.807) is 42.7 Å². The summed E-state index contributed by atoms with van der Waals surface area (Å²) < 4.78 is 35.3. The third-order valence-corrected chi connectivity index (χ3v) is 6.34. The van der Waals surface area contributed by atoms with Gasteiger partial charge in [0.25, 0.3) is 10.0 Å². The van der Waals surface area contributed by atoms with E-state index in [-0.39, 0.29) is 10.8 Å². The summed E-state index contributed by atoms with van der Waals surface area (Å²) in [4.78, 5) is 15.4. The van der Waals surface area contributed by atoms with Crippen LogP contribution in [0, 0.1) is 13.8 Å². The second-order valence-electron chi connectivity index (χ2n) is 7.45. The van der Waals surface area contributed by atoms with Crippen molar-refractivity contribution in [2.45, 2.75) is 25.7 Å². The van der Waals surface area contributed by atoms with E-state index in [4.69, 9.17) is 4.74 Å². The molecule has 0 aliphatic rings. The average molecular weight is 479 g/mol.